The SMILES string of the molecule is CCC(CC)(CN)NS(=O)(=O)c1c(C)cc(OC)cc1C. The number of hydrogen-bond donors (Lipinski definition) is 2. The summed E-state index contributed by atoms with van der Waals surface area (Å²) in [4.78, 5) is 0.308. The molecule has 5 nitrogen and oxygen atoms in total. The molecule has 0 aliphatic carbocycles. The van der Waals surface area contributed by atoms with Gasteiger partial charge in [0.2, 0.25) is 10.0 Å². The van der Waals surface area contributed by atoms with Crippen LogP contribution in [0.1, 0.15) is 37.8 Å². The van der Waals surface area contributed by atoms with Gasteiger partial charge in [-0.25, -0.2) is 13.1 Å². The molecule has 0 fully saturated rings. The molecule has 0 unspecified atom stereocenters. The lowest BCUT2D eigenvalue weighted by Gasteiger charge is -2.31. The van der Waals surface area contributed by atoms with Crippen molar-refractivity contribution in [2.45, 2.75) is 51.0 Å². The lowest BCUT2D eigenvalue weighted by atomic mass is 9.95. The number of nitrogens with one attached hydrogen (secondary N) is 1. The molecular weight excluding hydrogens is 288 g/mol. The quantitative estimate of drug-likeness (QED) is 0.807. The number of sulfonamides is 1. The minimum absolute atomic E-state index is 0.271. The summed E-state index contributed by atoms with van der Waals surface area (Å²) < 4.78 is 33.5. The van der Waals surface area contributed by atoms with Crippen LogP contribution in [-0.4, -0.2) is 27.6 Å². The van der Waals surface area contributed by atoms with Gasteiger partial charge >= 0.3 is 0 Å². The fraction of sp³-hybridized carbons (Fsp3) is 0.600. The molecule has 6 heteroatoms. The summed E-state index contributed by atoms with van der Waals surface area (Å²) in [5.41, 5.74) is 6.52. The third-order valence-corrected chi connectivity index (χ3v) is 5.92. The lowest BCUT2D eigenvalue weighted by Crippen LogP contribution is -2.52. The van der Waals surface area contributed by atoms with Gasteiger partial charge < -0.3 is 10.5 Å². The van der Waals surface area contributed by atoms with Gasteiger partial charge in [0.05, 0.1) is 12.0 Å². The Morgan fingerprint density at radius 1 is 1.19 bits per heavy atom. The minimum atomic E-state index is -3.63. The highest BCUT2D eigenvalue weighted by Gasteiger charge is 2.32. The van der Waals surface area contributed by atoms with E-state index in [2.05, 4.69) is 4.72 Å². The smallest absolute Gasteiger partial charge is 0.241 e. The van der Waals surface area contributed by atoms with Crippen LogP contribution in [0.25, 0.3) is 0 Å². The molecule has 1 aromatic carbocycles. The second kappa shape index (κ2) is 6.77. The van der Waals surface area contributed by atoms with Gasteiger partial charge in [0.15, 0.2) is 0 Å². The van der Waals surface area contributed by atoms with Crippen LogP contribution in [0.5, 0.6) is 5.75 Å². The van der Waals surface area contributed by atoms with Crippen LogP contribution in [0.2, 0.25) is 0 Å². The maximum absolute atomic E-state index is 12.8. The number of ether oxygens (including phenoxy) is 1. The fourth-order valence-corrected chi connectivity index (χ4v) is 4.52. The van der Waals surface area contributed by atoms with Crippen LogP contribution >= 0.6 is 0 Å². The number of rotatable bonds is 7. The van der Waals surface area contributed by atoms with Gasteiger partial charge in [-0.05, 0) is 49.9 Å². The minimum Gasteiger partial charge on any atom is -0.497 e. The molecule has 21 heavy (non-hydrogen) atoms. The normalized spacial score (nSPS) is 12.5. The average molecular weight is 314 g/mol. The Labute approximate surface area is 127 Å². The number of methoxy groups -OCH3 is 1. The fourth-order valence-electron chi connectivity index (χ4n) is 2.51. The molecule has 0 aliphatic heterocycles. The summed E-state index contributed by atoms with van der Waals surface area (Å²) >= 11 is 0. The second-order valence-corrected chi connectivity index (χ2v) is 7.01. The molecule has 1 rings (SSSR count). The summed E-state index contributed by atoms with van der Waals surface area (Å²) in [5, 5.41) is 0. The summed E-state index contributed by atoms with van der Waals surface area (Å²) in [5.74, 6) is 0.653. The van der Waals surface area contributed by atoms with Gasteiger partial charge in [-0.2, -0.15) is 0 Å². The molecule has 0 spiro atoms. The molecule has 3 N–H and O–H groups in total. The molecule has 0 saturated carbocycles. The molecular formula is C15H26N2O3S. The van der Waals surface area contributed by atoms with E-state index in [1.807, 2.05) is 13.8 Å². The van der Waals surface area contributed by atoms with E-state index in [1.54, 1.807) is 33.1 Å². The van der Waals surface area contributed by atoms with Gasteiger partial charge in [-0.1, -0.05) is 13.8 Å². The molecule has 0 bridgehead atoms. The Hall–Kier alpha value is -1.11. The van der Waals surface area contributed by atoms with Crippen LogP contribution in [0.3, 0.4) is 0 Å². The maximum Gasteiger partial charge on any atom is 0.241 e. The van der Waals surface area contributed by atoms with Gasteiger partial charge in [0, 0.05) is 12.1 Å². The number of aryl methyl sites for hydroxylation is 2. The van der Waals surface area contributed by atoms with Crippen LogP contribution in [-0.2, 0) is 10.0 Å². The van der Waals surface area contributed by atoms with Gasteiger partial charge in [-0.15, -0.1) is 0 Å². The summed E-state index contributed by atoms with van der Waals surface area (Å²) in [7, 11) is -2.06. The first-order chi connectivity index (χ1) is 9.75. The highest BCUT2D eigenvalue weighted by molar-refractivity contribution is 7.89. The highest BCUT2D eigenvalue weighted by atomic mass is 32.2. The number of benzene rings is 1. The van der Waals surface area contributed by atoms with Crippen molar-refractivity contribution in [1.29, 1.82) is 0 Å². The zero-order chi connectivity index (χ0) is 16.3. The van der Waals surface area contributed by atoms with Crippen molar-refractivity contribution in [3.63, 3.8) is 0 Å². The third kappa shape index (κ3) is 3.75. The lowest BCUT2D eigenvalue weighted by molar-refractivity contribution is 0.363. The zero-order valence-corrected chi connectivity index (χ0v) is 14.3. The van der Waals surface area contributed by atoms with Crippen molar-refractivity contribution in [3.05, 3.63) is 23.3 Å². The van der Waals surface area contributed by atoms with Crippen molar-refractivity contribution in [1.82, 2.24) is 4.72 Å². The van der Waals surface area contributed by atoms with Gasteiger partial charge in [-0.3, -0.25) is 0 Å². The van der Waals surface area contributed by atoms with Crippen LogP contribution in [0.15, 0.2) is 17.0 Å². The Kier molecular flexibility index (Phi) is 5.78. The van der Waals surface area contributed by atoms with Crippen molar-refractivity contribution >= 4 is 10.0 Å². The molecule has 0 saturated heterocycles. The van der Waals surface area contributed by atoms with Crippen LogP contribution in [0.4, 0.5) is 0 Å². The zero-order valence-electron chi connectivity index (χ0n) is 13.5. The first-order valence-electron chi connectivity index (χ1n) is 7.14. The second-order valence-electron chi connectivity index (χ2n) is 5.39. The predicted octanol–water partition coefficient (Wildman–Crippen LogP) is 2.11. The maximum atomic E-state index is 12.8. The summed E-state index contributed by atoms with van der Waals surface area (Å²) in [6, 6.07) is 3.45. The Morgan fingerprint density at radius 3 is 2.00 bits per heavy atom. The highest BCUT2D eigenvalue weighted by Crippen LogP contribution is 2.27. The standard InChI is InChI=1S/C15H26N2O3S/c1-6-15(7-2,10-16)17-21(18,19)14-11(3)8-13(20-5)9-12(14)4/h8-9,17H,6-7,10,16H2,1-5H3. The summed E-state index contributed by atoms with van der Waals surface area (Å²) in [6.45, 7) is 7.69. The van der Waals surface area contributed by atoms with E-state index in [9.17, 15) is 8.42 Å². The van der Waals surface area contributed by atoms with E-state index in [4.69, 9.17) is 10.5 Å². The first-order valence-corrected chi connectivity index (χ1v) is 8.62. The number of hydrogen-bond acceptors (Lipinski definition) is 4. The summed E-state index contributed by atoms with van der Waals surface area (Å²) in [6.07, 6.45) is 1.29. The molecule has 0 aliphatic rings. The van der Waals surface area contributed by atoms with Crippen molar-refractivity contribution in [2.75, 3.05) is 13.7 Å². The van der Waals surface area contributed by atoms with Crippen molar-refractivity contribution < 1.29 is 13.2 Å². The van der Waals surface area contributed by atoms with Gasteiger partial charge in [0.1, 0.15) is 5.75 Å². The molecule has 0 radical (unpaired) electrons. The van der Waals surface area contributed by atoms with E-state index < -0.39 is 15.6 Å². The van der Waals surface area contributed by atoms with E-state index in [1.165, 1.54) is 0 Å². The Bertz CT molecular complexity index is 562. The topological polar surface area (TPSA) is 81.4 Å². The molecule has 0 aromatic heterocycles. The van der Waals surface area contributed by atoms with E-state index in [0.29, 0.717) is 34.6 Å². The molecule has 0 heterocycles. The number of nitrogens with two attached hydrogens (primary N) is 1. The average Bonchev–Trinajstić information content (AvgIpc) is 2.43. The van der Waals surface area contributed by atoms with Crippen LogP contribution in [0, 0.1) is 13.8 Å². The first kappa shape index (κ1) is 17.9. The van der Waals surface area contributed by atoms with E-state index in [0.717, 1.165) is 0 Å². The van der Waals surface area contributed by atoms with Crippen molar-refractivity contribution in [3.8, 4) is 5.75 Å². The molecule has 0 amide bonds. The van der Waals surface area contributed by atoms with E-state index >= 15 is 0 Å². The molecule has 120 valence electrons. The van der Waals surface area contributed by atoms with Crippen molar-refractivity contribution in [2.24, 2.45) is 5.73 Å². The molecule has 1 aromatic rings. The Morgan fingerprint density at radius 2 is 1.67 bits per heavy atom. The Balaban J connectivity index is 3.32. The third-order valence-electron chi connectivity index (χ3n) is 4.03. The molecule has 0 atom stereocenters. The van der Waals surface area contributed by atoms with E-state index in [-0.39, 0.29) is 6.54 Å². The van der Waals surface area contributed by atoms with Crippen LogP contribution < -0.4 is 15.2 Å². The largest absolute Gasteiger partial charge is 0.497 e. The van der Waals surface area contributed by atoms with Gasteiger partial charge in [0.25, 0.3) is 0 Å². The predicted molar refractivity (Wildman–Crippen MR) is 85.2 cm³/mol. The monoisotopic (exact) mass is 314 g/mol.